The van der Waals surface area contributed by atoms with Crippen molar-refractivity contribution >= 4 is 24.7 Å². The molecule has 0 radical (unpaired) electrons. The Kier molecular flexibility index (Phi) is 14.1. The quantitative estimate of drug-likeness (QED) is 0.308. The lowest BCUT2D eigenvalue weighted by atomic mass is 9.99. The van der Waals surface area contributed by atoms with E-state index >= 15 is 0 Å². The van der Waals surface area contributed by atoms with Crippen LogP contribution >= 0.6 is 12.6 Å². The normalized spacial score (nSPS) is 18.8. The number of likely N-dealkylation sites (tertiary alicyclic amines) is 1. The van der Waals surface area contributed by atoms with Crippen LogP contribution in [0.25, 0.3) is 0 Å². The summed E-state index contributed by atoms with van der Waals surface area (Å²) in [6, 6.07) is 2.42. The predicted octanol–water partition coefficient (Wildman–Crippen LogP) is 2.57. The van der Waals surface area contributed by atoms with Crippen LogP contribution in [0.4, 0.5) is 5.69 Å². The number of nitrogens with two attached hydrogens (primary N) is 3. The summed E-state index contributed by atoms with van der Waals surface area (Å²) >= 11 is 4.31. The maximum Gasteiger partial charge on any atom is 0.204 e. The third-order valence-electron chi connectivity index (χ3n) is 4.89. The molecule has 1 fully saturated rings. The molecule has 6 N–H and O–H groups in total. The van der Waals surface area contributed by atoms with Gasteiger partial charge in [0.2, 0.25) is 6.41 Å². The van der Waals surface area contributed by atoms with E-state index in [4.69, 9.17) is 10.5 Å². The molecule has 0 spiro atoms. The van der Waals surface area contributed by atoms with Gasteiger partial charge >= 0.3 is 0 Å². The SMILES string of the molecule is CC.CN.CN1CCC(S)C1.NC=O.Nc1c2c(cc3c1CCC3)CCC2. The average molecular weight is 397 g/mol. The molecule has 0 bridgehead atoms. The Labute approximate surface area is 171 Å². The highest BCUT2D eigenvalue weighted by Crippen LogP contribution is 2.36. The molecule has 0 aromatic heterocycles. The summed E-state index contributed by atoms with van der Waals surface area (Å²) in [4.78, 5) is 10.9. The molecular formula is C21H40N4OS. The molecular weight excluding hydrogens is 356 g/mol. The second-order valence-electron chi connectivity index (χ2n) is 6.61. The number of thiol groups is 1. The Hall–Kier alpha value is -1.24. The van der Waals surface area contributed by atoms with E-state index in [2.05, 4.69) is 42.1 Å². The lowest BCUT2D eigenvalue weighted by Gasteiger charge is -2.10. The second kappa shape index (κ2) is 14.8. The molecule has 6 heteroatoms. The number of nitrogens with zero attached hydrogens (tertiary/aromatic N) is 1. The third-order valence-corrected chi connectivity index (χ3v) is 5.31. The van der Waals surface area contributed by atoms with E-state index in [1.165, 1.54) is 87.3 Å². The molecule has 27 heavy (non-hydrogen) atoms. The van der Waals surface area contributed by atoms with Gasteiger partial charge in [-0.1, -0.05) is 19.9 Å². The van der Waals surface area contributed by atoms with Gasteiger partial charge in [0.05, 0.1) is 0 Å². The summed E-state index contributed by atoms with van der Waals surface area (Å²) in [6.07, 6.45) is 9.08. The number of aryl methyl sites for hydroxylation is 2. The van der Waals surface area contributed by atoms with Crippen molar-refractivity contribution < 1.29 is 4.79 Å². The zero-order valence-corrected chi connectivity index (χ0v) is 18.5. The van der Waals surface area contributed by atoms with Crippen LogP contribution in [-0.2, 0) is 30.5 Å². The molecule has 1 aromatic carbocycles. The third kappa shape index (κ3) is 8.11. The fraction of sp³-hybridized carbons (Fsp3) is 0.667. The number of anilines is 1. The van der Waals surface area contributed by atoms with E-state index in [1.807, 2.05) is 13.8 Å². The largest absolute Gasteiger partial charge is 0.398 e. The van der Waals surface area contributed by atoms with Crippen molar-refractivity contribution in [2.75, 3.05) is 32.9 Å². The van der Waals surface area contributed by atoms with Crippen molar-refractivity contribution in [3.05, 3.63) is 28.3 Å². The van der Waals surface area contributed by atoms with Crippen LogP contribution < -0.4 is 17.2 Å². The van der Waals surface area contributed by atoms with E-state index in [0.29, 0.717) is 5.25 Å². The van der Waals surface area contributed by atoms with Crippen LogP contribution in [0.5, 0.6) is 0 Å². The Morgan fingerprint density at radius 1 is 1.07 bits per heavy atom. The van der Waals surface area contributed by atoms with E-state index in [1.54, 1.807) is 0 Å². The molecule has 1 saturated heterocycles. The van der Waals surface area contributed by atoms with Gasteiger partial charge in [-0.05, 0) is 87.8 Å². The molecule has 4 rings (SSSR count). The molecule has 1 unspecified atom stereocenters. The van der Waals surface area contributed by atoms with Gasteiger partial charge in [0, 0.05) is 17.5 Å². The van der Waals surface area contributed by atoms with Crippen molar-refractivity contribution in [3.63, 3.8) is 0 Å². The zero-order chi connectivity index (χ0) is 20.8. The predicted molar refractivity (Wildman–Crippen MR) is 122 cm³/mol. The van der Waals surface area contributed by atoms with Crippen LogP contribution in [0.15, 0.2) is 6.07 Å². The number of benzene rings is 1. The molecule has 2 aliphatic carbocycles. The standard InChI is InChI=1S/C12H15N.C5H11NS.C2H6.CH3NO.CH5N/c13-12-10-5-1-3-8(10)7-9-4-2-6-11(9)12;1-6-3-2-5(7)4-6;1-2;2-1-3;1-2/h7H,1-6,13H2;5,7H,2-4H2,1H3;1-2H3;1H,(H2,2,3);2H2,1H3. The molecule has 0 saturated carbocycles. The molecule has 1 amide bonds. The smallest absolute Gasteiger partial charge is 0.204 e. The van der Waals surface area contributed by atoms with Crippen molar-refractivity contribution in [2.45, 2.75) is 64.0 Å². The maximum absolute atomic E-state index is 8.58. The molecule has 5 nitrogen and oxygen atoms in total. The number of carbonyl (C=O) groups is 1. The van der Waals surface area contributed by atoms with Gasteiger partial charge in [-0.25, -0.2) is 0 Å². The number of hydrogen-bond acceptors (Lipinski definition) is 5. The number of fused-ring (bicyclic) bond motifs is 2. The Bertz CT molecular complexity index is 511. The van der Waals surface area contributed by atoms with E-state index < -0.39 is 0 Å². The summed E-state index contributed by atoms with van der Waals surface area (Å²) in [5.74, 6) is 0. The van der Waals surface area contributed by atoms with Crippen LogP contribution in [0.2, 0.25) is 0 Å². The topological polar surface area (TPSA) is 98.4 Å². The number of amides is 1. The first-order chi connectivity index (χ1) is 13.1. The molecule has 1 aliphatic heterocycles. The van der Waals surface area contributed by atoms with Crippen LogP contribution in [0, 0.1) is 0 Å². The molecule has 1 aromatic rings. The first-order valence-corrected chi connectivity index (χ1v) is 10.6. The zero-order valence-electron chi connectivity index (χ0n) is 17.6. The van der Waals surface area contributed by atoms with Gasteiger partial charge in [0.25, 0.3) is 0 Å². The summed E-state index contributed by atoms with van der Waals surface area (Å²) in [6.45, 7) is 6.40. The monoisotopic (exact) mass is 396 g/mol. The van der Waals surface area contributed by atoms with Gasteiger partial charge in [0.15, 0.2) is 0 Å². The minimum Gasteiger partial charge on any atom is -0.398 e. The summed E-state index contributed by atoms with van der Waals surface area (Å²) in [5.41, 5.74) is 22.0. The Morgan fingerprint density at radius 2 is 1.52 bits per heavy atom. The van der Waals surface area contributed by atoms with Crippen molar-refractivity contribution in [2.24, 2.45) is 11.5 Å². The molecule has 3 aliphatic rings. The number of primary amides is 1. The van der Waals surface area contributed by atoms with Crippen molar-refractivity contribution in [1.82, 2.24) is 4.90 Å². The summed E-state index contributed by atoms with van der Waals surface area (Å²) in [7, 11) is 3.64. The highest BCUT2D eigenvalue weighted by Gasteiger charge is 2.21. The summed E-state index contributed by atoms with van der Waals surface area (Å²) in [5, 5.41) is 0.644. The average Bonchev–Trinajstić information content (AvgIpc) is 3.41. The minimum absolute atomic E-state index is 0.250. The highest BCUT2D eigenvalue weighted by atomic mass is 32.1. The number of carbonyl (C=O) groups excluding carboxylic acids is 1. The van der Waals surface area contributed by atoms with Crippen molar-refractivity contribution in [3.8, 4) is 0 Å². The lowest BCUT2D eigenvalue weighted by Crippen LogP contribution is -2.13. The number of hydrogen-bond donors (Lipinski definition) is 4. The van der Waals surface area contributed by atoms with Crippen LogP contribution in [0.1, 0.15) is 55.4 Å². The molecule has 1 heterocycles. The second-order valence-corrected chi connectivity index (χ2v) is 7.34. The highest BCUT2D eigenvalue weighted by molar-refractivity contribution is 7.81. The maximum atomic E-state index is 8.58. The number of rotatable bonds is 0. The van der Waals surface area contributed by atoms with Gasteiger partial charge in [-0.3, -0.25) is 4.79 Å². The van der Waals surface area contributed by atoms with Gasteiger partial charge in [-0.15, -0.1) is 0 Å². The van der Waals surface area contributed by atoms with Crippen molar-refractivity contribution in [1.29, 1.82) is 0 Å². The van der Waals surface area contributed by atoms with Crippen LogP contribution in [-0.4, -0.2) is 43.7 Å². The summed E-state index contributed by atoms with van der Waals surface area (Å²) < 4.78 is 0. The first-order valence-electron chi connectivity index (χ1n) is 10.1. The van der Waals surface area contributed by atoms with Gasteiger partial charge < -0.3 is 22.1 Å². The van der Waals surface area contributed by atoms with E-state index in [-0.39, 0.29) is 6.41 Å². The van der Waals surface area contributed by atoms with Gasteiger partial charge in [-0.2, -0.15) is 12.6 Å². The molecule has 1 atom stereocenters. The van der Waals surface area contributed by atoms with Gasteiger partial charge in [0.1, 0.15) is 0 Å². The van der Waals surface area contributed by atoms with Crippen LogP contribution in [0.3, 0.4) is 0 Å². The van der Waals surface area contributed by atoms with E-state index in [0.717, 1.165) is 5.69 Å². The fourth-order valence-corrected chi connectivity index (χ4v) is 4.17. The first kappa shape index (κ1) is 25.8. The number of nitrogen functional groups attached to an aromatic ring is 1. The fourth-order valence-electron chi connectivity index (χ4n) is 3.77. The Morgan fingerprint density at radius 3 is 1.81 bits per heavy atom. The van der Waals surface area contributed by atoms with E-state index in [9.17, 15) is 0 Å². The minimum atomic E-state index is 0.250. The molecule has 156 valence electrons. The Balaban J connectivity index is 0.000000412. The lowest BCUT2D eigenvalue weighted by molar-refractivity contribution is -0.106.